The highest BCUT2D eigenvalue weighted by atomic mass is 16.5. The van der Waals surface area contributed by atoms with E-state index in [1.54, 1.807) is 6.26 Å². The van der Waals surface area contributed by atoms with Gasteiger partial charge in [-0.3, -0.25) is 9.69 Å². The van der Waals surface area contributed by atoms with E-state index in [1.165, 1.54) is 16.7 Å². The number of hydrogen-bond acceptors (Lipinski definition) is 4. The third-order valence-corrected chi connectivity index (χ3v) is 5.29. The second kappa shape index (κ2) is 9.72. The molecule has 0 saturated carbocycles. The zero-order valence-electron chi connectivity index (χ0n) is 16.4. The minimum Gasteiger partial charge on any atom is -0.468 e. The van der Waals surface area contributed by atoms with Crippen LogP contribution in [0.1, 0.15) is 41.3 Å². The lowest BCUT2D eigenvalue weighted by atomic mass is 10.0. The van der Waals surface area contributed by atoms with Crippen LogP contribution in [0.2, 0.25) is 0 Å². The van der Waals surface area contributed by atoms with Gasteiger partial charge in [-0.05, 0) is 55.5 Å². The number of rotatable bonds is 8. The maximum absolute atomic E-state index is 12.3. The summed E-state index contributed by atoms with van der Waals surface area (Å²) in [6, 6.07) is 10.5. The van der Waals surface area contributed by atoms with Crippen molar-refractivity contribution >= 4 is 5.91 Å². The van der Waals surface area contributed by atoms with E-state index in [0.717, 1.165) is 44.9 Å². The number of aryl methyl sites for hydroxylation is 3. The van der Waals surface area contributed by atoms with Crippen LogP contribution in [0.4, 0.5) is 0 Å². The summed E-state index contributed by atoms with van der Waals surface area (Å²) in [5, 5.41) is 3.09. The minimum atomic E-state index is 0.0626. The second-order valence-corrected chi connectivity index (χ2v) is 7.26. The summed E-state index contributed by atoms with van der Waals surface area (Å²) in [7, 11) is 0. The molecule has 1 aliphatic rings. The normalized spacial score (nSPS) is 16.2. The van der Waals surface area contributed by atoms with Crippen molar-refractivity contribution in [3.8, 4) is 0 Å². The largest absolute Gasteiger partial charge is 0.468 e. The first-order chi connectivity index (χ1) is 13.1. The van der Waals surface area contributed by atoms with Gasteiger partial charge in [0, 0.05) is 26.1 Å². The van der Waals surface area contributed by atoms with Crippen LogP contribution in [0.15, 0.2) is 41.0 Å². The van der Waals surface area contributed by atoms with Crippen molar-refractivity contribution < 1.29 is 13.9 Å². The number of benzene rings is 1. The molecule has 3 rings (SSSR count). The molecule has 5 heteroatoms. The van der Waals surface area contributed by atoms with Gasteiger partial charge in [-0.15, -0.1) is 0 Å². The van der Waals surface area contributed by atoms with Crippen molar-refractivity contribution in [2.75, 3.05) is 32.8 Å². The monoisotopic (exact) mass is 370 g/mol. The quantitative estimate of drug-likeness (QED) is 0.774. The van der Waals surface area contributed by atoms with E-state index in [2.05, 4.69) is 42.3 Å². The lowest BCUT2D eigenvalue weighted by molar-refractivity contribution is -0.121. The number of hydrogen-bond donors (Lipinski definition) is 1. The predicted octanol–water partition coefficient (Wildman–Crippen LogP) is 3.41. The Kier molecular flexibility index (Phi) is 7.07. The van der Waals surface area contributed by atoms with Crippen LogP contribution in [0.3, 0.4) is 0 Å². The molecule has 2 heterocycles. The van der Waals surface area contributed by atoms with Gasteiger partial charge < -0.3 is 14.5 Å². The van der Waals surface area contributed by atoms with E-state index < -0.39 is 0 Å². The zero-order valence-corrected chi connectivity index (χ0v) is 16.4. The fraction of sp³-hybridized carbons (Fsp3) is 0.500. The molecule has 0 spiro atoms. The predicted molar refractivity (Wildman–Crippen MR) is 106 cm³/mol. The van der Waals surface area contributed by atoms with Gasteiger partial charge in [0.05, 0.1) is 25.5 Å². The van der Waals surface area contributed by atoms with Crippen molar-refractivity contribution in [2.24, 2.45) is 0 Å². The van der Waals surface area contributed by atoms with Crippen LogP contribution in [0, 0.1) is 13.8 Å². The van der Waals surface area contributed by atoms with Gasteiger partial charge in [0.1, 0.15) is 5.76 Å². The molecule has 27 heavy (non-hydrogen) atoms. The lowest BCUT2D eigenvalue weighted by Crippen LogP contribution is -2.43. The average molecular weight is 370 g/mol. The molecule has 1 aliphatic heterocycles. The van der Waals surface area contributed by atoms with Crippen LogP contribution >= 0.6 is 0 Å². The van der Waals surface area contributed by atoms with E-state index in [9.17, 15) is 4.79 Å². The van der Waals surface area contributed by atoms with Crippen molar-refractivity contribution in [1.82, 2.24) is 10.2 Å². The van der Waals surface area contributed by atoms with Gasteiger partial charge in [-0.25, -0.2) is 0 Å². The van der Waals surface area contributed by atoms with Crippen LogP contribution in [0.5, 0.6) is 0 Å². The Hall–Kier alpha value is -2.11. The minimum absolute atomic E-state index is 0.0626. The molecule has 1 unspecified atom stereocenters. The highest BCUT2D eigenvalue weighted by molar-refractivity contribution is 5.75. The Labute approximate surface area is 161 Å². The van der Waals surface area contributed by atoms with Crippen LogP contribution in [-0.2, 0) is 16.0 Å². The van der Waals surface area contributed by atoms with Crippen molar-refractivity contribution in [1.29, 1.82) is 0 Å². The van der Waals surface area contributed by atoms with Crippen molar-refractivity contribution in [3.63, 3.8) is 0 Å². The first kappa shape index (κ1) is 19.6. The van der Waals surface area contributed by atoms with E-state index in [-0.39, 0.29) is 11.9 Å². The number of carbonyl (C=O) groups excluding carboxylic acids is 1. The summed E-state index contributed by atoms with van der Waals surface area (Å²) >= 11 is 0. The molecule has 2 aromatic rings. The van der Waals surface area contributed by atoms with Crippen LogP contribution < -0.4 is 5.32 Å². The van der Waals surface area contributed by atoms with Crippen molar-refractivity contribution in [2.45, 2.75) is 39.2 Å². The molecule has 1 amide bonds. The number of nitrogens with zero attached hydrogens (tertiary/aromatic N) is 1. The van der Waals surface area contributed by atoms with Gasteiger partial charge in [0.15, 0.2) is 0 Å². The SMILES string of the molecule is Cc1ccc(CCCC(=O)NCC(c2ccco2)N2CCOCC2)cc1C. The fourth-order valence-electron chi connectivity index (χ4n) is 3.49. The first-order valence-corrected chi connectivity index (χ1v) is 9.81. The van der Waals surface area contributed by atoms with E-state index >= 15 is 0 Å². The third kappa shape index (κ3) is 5.68. The second-order valence-electron chi connectivity index (χ2n) is 7.26. The van der Waals surface area contributed by atoms with Crippen LogP contribution in [0.25, 0.3) is 0 Å². The molecular formula is C22H30N2O3. The number of ether oxygens (including phenoxy) is 1. The average Bonchev–Trinajstić information content (AvgIpc) is 3.20. The van der Waals surface area contributed by atoms with Gasteiger partial charge in [0.2, 0.25) is 5.91 Å². The summed E-state index contributed by atoms with van der Waals surface area (Å²) in [5.41, 5.74) is 3.92. The van der Waals surface area contributed by atoms with E-state index in [0.29, 0.717) is 13.0 Å². The molecule has 1 aromatic carbocycles. The first-order valence-electron chi connectivity index (χ1n) is 9.81. The molecule has 1 atom stereocenters. The Morgan fingerprint density at radius 2 is 2.00 bits per heavy atom. The molecule has 0 bridgehead atoms. The molecule has 1 fully saturated rings. The summed E-state index contributed by atoms with van der Waals surface area (Å²) in [4.78, 5) is 14.6. The standard InChI is InChI=1S/C22H30N2O3/c1-17-8-9-19(15-18(17)2)5-3-7-22(25)23-16-20(21-6-4-12-27-21)24-10-13-26-14-11-24/h4,6,8-9,12,15,20H,3,5,7,10-11,13-14,16H2,1-2H3,(H,23,25). The topological polar surface area (TPSA) is 54.7 Å². The number of amides is 1. The van der Waals surface area contributed by atoms with Gasteiger partial charge >= 0.3 is 0 Å². The maximum Gasteiger partial charge on any atom is 0.220 e. The Balaban J connectivity index is 1.46. The number of carbonyl (C=O) groups is 1. The molecule has 1 aromatic heterocycles. The highest BCUT2D eigenvalue weighted by Gasteiger charge is 2.25. The molecule has 1 saturated heterocycles. The smallest absolute Gasteiger partial charge is 0.220 e. The summed E-state index contributed by atoms with van der Waals surface area (Å²) in [6.07, 6.45) is 4.02. The third-order valence-electron chi connectivity index (χ3n) is 5.29. The maximum atomic E-state index is 12.3. The Morgan fingerprint density at radius 1 is 1.19 bits per heavy atom. The summed E-state index contributed by atoms with van der Waals surface area (Å²) < 4.78 is 11.1. The molecule has 146 valence electrons. The van der Waals surface area contributed by atoms with E-state index in [1.807, 2.05) is 12.1 Å². The van der Waals surface area contributed by atoms with Gasteiger partial charge in [-0.1, -0.05) is 18.2 Å². The lowest BCUT2D eigenvalue weighted by Gasteiger charge is -2.33. The number of nitrogens with one attached hydrogen (secondary N) is 1. The zero-order chi connectivity index (χ0) is 19.1. The van der Waals surface area contributed by atoms with Gasteiger partial charge in [-0.2, -0.15) is 0 Å². The van der Waals surface area contributed by atoms with E-state index in [4.69, 9.17) is 9.15 Å². The molecule has 1 N–H and O–H groups in total. The highest BCUT2D eigenvalue weighted by Crippen LogP contribution is 2.21. The number of furan rings is 1. The molecule has 5 nitrogen and oxygen atoms in total. The summed E-state index contributed by atoms with van der Waals surface area (Å²) in [5.74, 6) is 0.996. The Morgan fingerprint density at radius 3 is 2.70 bits per heavy atom. The molecule has 0 radical (unpaired) electrons. The fourth-order valence-corrected chi connectivity index (χ4v) is 3.49. The Bertz CT molecular complexity index is 721. The van der Waals surface area contributed by atoms with Crippen molar-refractivity contribution in [3.05, 3.63) is 59.0 Å². The van der Waals surface area contributed by atoms with Crippen LogP contribution in [-0.4, -0.2) is 43.7 Å². The molecular weight excluding hydrogens is 340 g/mol. The van der Waals surface area contributed by atoms with Gasteiger partial charge in [0.25, 0.3) is 0 Å². The number of morpholine rings is 1. The summed E-state index contributed by atoms with van der Waals surface area (Å²) in [6.45, 7) is 7.97. The molecule has 0 aliphatic carbocycles.